The Labute approximate surface area is 185 Å². The second kappa shape index (κ2) is 18.5. The molecule has 0 aliphatic carbocycles. The molecular formula is C26H56ClP. The average molecular weight is 435 g/mol. The second-order valence-electron chi connectivity index (χ2n) is 10.7. The first-order chi connectivity index (χ1) is 13.3. The van der Waals surface area contributed by atoms with E-state index in [0.29, 0.717) is 0 Å². The summed E-state index contributed by atoms with van der Waals surface area (Å²) in [6.07, 6.45) is 31.8. The topological polar surface area (TPSA) is 0 Å². The normalized spacial score (nSPS) is 13.5. The van der Waals surface area contributed by atoms with Crippen molar-refractivity contribution in [2.75, 3.05) is 26.2 Å². The van der Waals surface area contributed by atoms with Gasteiger partial charge >= 0.3 is 114 Å². The summed E-state index contributed by atoms with van der Waals surface area (Å²) in [4.78, 5) is 0. The Morgan fingerprint density at radius 3 is 0.821 bits per heavy atom. The van der Waals surface area contributed by atoms with Crippen LogP contribution in [0.1, 0.15) is 142 Å². The Morgan fingerprint density at radius 2 is 0.607 bits per heavy atom. The molecule has 0 N–H and O–H groups in total. The second-order valence-corrected chi connectivity index (χ2v) is 20.8. The van der Waals surface area contributed by atoms with Gasteiger partial charge in [0.1, 0.15) is 0 Å². The van der Waals surface area contributed by atoms with Crippen molar-refractivity contribution in [3.05, 3.63) is 0 Å². The first-order valence-electron chi connectivity index (χ1n) is 13.0. The molecule has 0 aromatic heterocycles. The zero-order valence-electron chi connectivity index (χ0n) is 20.4. The fraction of sp³-hybridized carbons (Fsp3) is 1.00. The van der Waals surface area contributed by atoms with Gasteiger partial charge in [0.2, 0.25) is 0 Å². The molecule has 2 heteroatoms. The summed E-state index contributed by atoms with van der Waals surface area (Å²) in [6.45, 7) is 9.14. The van der Waals surface area contributed by atoms with E-state index in [0.717, 1.165) is 0 Å². The summed E-state index contributed by atoms with van der Waals surface area (Å²) >= 11 is 6.61. The van der Waals surface area contributed by atoms with Crippen molar-refractivity contribution in [1.29, 1.82) is 0 Å². The number of hydrogen-bond acceptors (Lipinski definition) is 0. The maximum atomic E-state index is 6.61. The molecule has 0 saturated carbocycles. The van der Waals surface area contributed by atoms with Crippen LogP contribution in [0.2, 0.25) is 0 Å². The van der Waals surface area contributed by atoms with Gasteiger partial charge in [-0.25, -0.2) is 0 Å². The van der Waals surface area contributed by atoms with Crippen LogP contribution in [0.4, 0.5) is 0 Å². The fourth-order valence-electron chi connectivity index (χ4n) is 4.08. The molecule has 0 saturated heterocycles. The zero-order chi connectivity index (χ0) is 21.0. The van der Waals surface area contributed by atoms with E-state index in [1.165, 1.54) is 141 Å². The third-order valence-electron chi connectivity index (χ3n) is 6.02. The minimum atomic E-state index is -1.76. The van der Waals surface area contributed by atoms with Crippen molar-refractivity contribution in [2.45, 2.75) is 142 Å². The predicted molar refractivity (Wildman–Crippen MR) is 138 cm³/mol. The Balaban J connectivity index is 3.07. The summed E-state index contributed by atoms with van der Waals surface area (Å²) in [6, 6.07) is 0. The zero-order valence-corrected chi connectivity index (χ0v) is 22.0. The third-order valence-corrected chi connectivity index (χ3v) is 8.35. The van der Waals surface area contributed by atoms with Gasteiger partial charge in [-0.15, -0.1) is 0 Å². The molecule has 0 aliphatic heterocycles. The molecule has 0 radical (unpaired) electrons. The van der Waals surface area contributed by atoms with Crippen LogP contribution in [0.15, 0.2) is 0 Å². The van der Waals surface area contributed by atoms with Crippen molar-refractivity contribution < 1.29 is 0 Å². The van der Waals surface area contributed by atoms with Crippen LogP contribution in [0.25, 0.3) is 0 Å². The third kappa shape index (κ3) is 26.7. The molecule has 0 bridgehead atoms. The van der Waals surface area contributed by atoms with E-state index in [-0.39, 0.29) is 0 Å². The van der Waals surface area contributed by atoms with E-state index in [1.807, 2.05) is 0 Å². The summed E-state index contributed by atoms with van der Waals surface area (Å²) in [5.74, 6) is -1.76. The van der Waals surface area contributed by atoms with Crippen molar-refractivity contribution in [3.8, 4) is 0 Å². The van der Waals surface area contributed by atoms with Crippen LogP contribution in [-0.2, 0) is 0 Å². The van der Waals surface area contributed by atoms with Gasteiger partial charge < -0.3 is 0 Å². The molecule has 172 valence electrons. The molecule has 0 spiro atoms. The molecule has 0 aromatic carbocycles. The minimum absolute atomic E-state index is 1.26. The van der Waals surface area contributed by atoms with Crippen LogP contribution in [0, 0.1) is 0 Å². The van der Waals surface area contributed by atoms with Crippen LogP contribution in [0.5, 0.6) is 0 Å². The van der Waals surface area contributed by atoms with Gasteiger partial charge in [-0.3, -0.25) is 0 Å². The van der Waals surface area contributed by atoms with Crippen molar-refractivity contribution in [3.63, 3.8) is 0 Å². The molecule has 0 aromatic rings. The summed E-state index contributed by atoms with van der Waals surface area (Å²) < 4.78 is 0. The molecule has 0 nitrogen and oxygen atoms in total. The number of hydrogen-bond donors (Lipinski definition) is 0. The van der Waals surface area contributed by atoms with E-state index >= 15 is 0 Å². The van der Waals surface area contributed by atoms with Gasteiger partial charge in [-0.1, -0.05) is 71.1 Å². The van der Waals surface area contributed by atoms with Gasteiger partial charge in [-0.2, -0.15) is 0 Å². The molecule has 28 heavy (non-hydrogen) atoms. The Hall–Kier alpha value is 0.720. The Bertz CT molecular complexity index is 309. The first kappa shape index (κ1) is 28.7. The molecule has 0 fully saturated rings. The van der Waals surface area contributed by atoms with E-state index < -0.39 is 5.96 Å². The van der Waals surface area contributed by atoms with Crippen LogP contribution in [0.3, 0.4) is 0 Å². The SMILES string of the molecule is CCCCCCCCCCCCCCCCCCCCCCCP(C)(C)(C)Cl. The molecule has 0 amide bonds. The van der Waals surface area contributed by atoms with Gasteiger partial charge in [0, 0.05) is 0 Å². The Morgan fingerprint density at radius 1 is 0.393 bits per heavy atom. The molecule has 0 aliphatic rings. The molecule has 0 heterocycles. The van der Waals surface area contributed by atoms with E-state index in [4.69, 9.17) is 11.2 Å². The van der Waals surface area contributed by atoms with E-state index in [1.54, 1.807) is 0 Å². The molecule has 0 atom stereocenters. The summed E-state index contributed by atoms with van der Waals surface area (Å²) in [7, 11) is 0. The fourth-order valence-corrected chi connectivity index (χ4v) is 5.73. The summed E-state index contributed by atoms with van der Waals surface area (Å²) in [5, 5.41) is 0. The van der Waals surface area contributed by atoms with Gasteiger partial charge in [0.25, 0.3) is 0 Å². The van der Waals surface area contributed by atoms with Gasteiger partial charge in [0.15, 0.2) is 0 Å². The van der Waals surface area contributed by atoms with Gasteiger partial charge in [-0.05, 0) is 0 Å². The van der Waals surface area contributed by atoms with Crippen molar-refractivity contribution in [2.24, 2.45) is 0 Å². The predicted octanol–water partition coefficient (Wildman–Crippen LogP) is 10.8. The van der Waals surface area contributed by atoms with E-state index in [2.05, 4.69) is 26.9 Å². The van der Waals surface area contributed by atoms with Crippen LogP contribution < -0.4 is 0 Å². The van der Waals surface area contributed by atoms with Crippen molar-refractivity contribution >= 4 is 17.2 Å². The Kier molecular flexibility index (Phi) is 19.0. The number of halogens is 1. The molecular weight excluding hydrogens is 379 g/mol. The van der Waals surface area contributed by atoms with E-state index in [9.17, 15) is 0 Å². The molecule has 0 unspecified atom stereocenters. The van der Waals surface area contributed by atoms with Crippen LogP contribution >= 0.6 is 17.2 Å². The average Bonchev–Trinajstić information content (AvgIpc) is 2.61. The standard InChI is InChI=1S/C26H56ClP/c1-5-6-7-8-9-10-11-12-13-14-15-16-17-18-19-20-21-22-23-24-25-26-28(2,3,4)27/h5-26H2,1-4H3. The quantitative estimate of drug-likeness (QED) is 0.117. The maximum absolute atomic E-state index is 6.61. The molecule has 0 rings (SSSR count). The van der Waals surface area contributed by atoms with Gasteiger partial charge in [0.05, 0.1) is 0 Å². The number of unbranched alkanes of at least 4 members (excludes halogenated alkanes) is 20. The monoisotopic (exact) mass is 434 g/mol. The van der Waals surface area contributed by atoms with Crippen molar-refractivity contribution in [1.82, 2.24) is 0 Å². The first-order valence-corrected chi connectivity index (χ1v) is 17.7. The number of rotatable bonds is 22. The van der Waals surface area contributed by atoms with Crippen LogP contribution in [-0.4, -0.2) is 26.2 Å². The summed E-state index contributed by atoms with van der Waals surface area (Å²) in [5.41, 5.74) is 0.